The van der Waals surface area contributed by atoms with E-state index in [4.69, 9.17) is 9.47 Å². The zero-order valence-corrected chi connectivity index (χ0v) is 20.7. The number of hydrogen-bond acceptors (Lipinski definition) is 9. The summed E-state index contributed by atoms with van der Waals surface area (Å²) in [6.07, 6.45) is 1.85. The van der Waals surface area contributed by atoms with Gasteiger partial charge in [0, 0.05) is 38.3 Å². The fourth-order valence-electron chi connectivity index (χ4n) is 3.22. The van der Waals surface area contributed by atoms with Crippen LogP contribution in [0.3, 0.4) is 0 Å². The molecule has 1 fully saturated rings. The minimum absolute atomic E-state index is 0.0682. The van der Waals surface area contributed by atoms with E-state index in [0.717, 1.165) is 6.26 Å². The van der Waals surface area contributed by atoms with Crippen molar-refractivity contribution < 1.29 is 27.5 Å². The number of amides is 2. The molecule has 2 aromatic heterocycles. The van der Waals surface area contributed by atoms with Crippen molar-refractivity contribution in [3.8, 4) is 5.88 Å². The summed E-state index contributed by atoms with van der Waals surface area (Å²) in [4.78, 5) is 30.3. The van der Waals surface area contributed by atoms with Gasteiger partial charge in [0.2, 0.25) is 5.88 Å². The number of likely N-dealkylation sites (tertiary alicyclic amines) is 1. The van der Waals surface area contributed by atoms with Crippen molar-refractivity contribution in [2.45, 2.75) is 57.3 Å². The van der Waals surface area contributed by atoms with Crippen LogP contribution in [0.2, 0.25) is 0 Å². The number of piperidine rings is 1. The molecule has 1 N–H and O–H groups in total. The van der Waals surface area contributed by atoms with Crippen molar-refractivity contribution in [2.24, 2.45) is 0 Å². The number of anilines is 1. The smallest absolute Gasteiger partial charge is 0.410 e. The molecule has 0 atom stereocenters. The van der Waals surface area contributed by atoms with Crippen LogP contribution < -0.4 is 10.1 Å². The lowest BCUT2D eigenvalue weighted by molar-refractivity contribution is 0.0122. The summed E-state index contributed by atoms with van der Waals surface area (Å²) in [5.41, 5.74) is 0.264. The van der Waals surface area contributed by atoms with Crippen LogP contribution in [0.5, 0.6) is 5.88 Å². The van der Waals surface area contributed by atoms with E-state index in [-0.39, 0.29) is 28.8 Å². The third kappa shape index (κ3) is 6.86. The standard InChI is InChI=1S/C22H29N5O6S/c1-14-16(7-9-19(23-14)34(5,30)31)24-20(28)17-6-8-18(26-25-17)32-15-10-12-27(13-11-15)21(29)33-22(2,3)4/h6-9,15H,10-13H2,1-5H3,(H,24,28). The normalized spacial score (nSPS) is 15.0. The number of carbonyl (C=O) groups excluding carboxylic acids is 2. The summed E-state index contributed by atoms with van der Waals surface area (Å²) in [7, 11) is -3.44. The molecule has 0 saturated carbocycles. The molecule has 1 saturated heterocycles. The van der Waals surface area contributed by atoms with Crippen LogP contribution >= 0.6 is 0 Å². The first kappa shape index (κ1) is 25.3. The van der Waals surface area contributed by atoms with E-state index in [2.05, 4.69) is 20.5 Å². The summed E-state index contributed by atoms with van der Waals surface area (Å²) < 4.78 is 34.5. The second kappa shape index (κ2) is 9.92. The quantitative estimate of drug-likeness (QED) is 0.668. The number of hydrogen-bond donors (Lipinski definition) is 1. The molecule has 12 heteroatoms. The van der Waals surface area contributed by atoms with Crippen LogP contribution in [-0.2, 0) is 14.6 Å². The van der Waals surface area contributed by atoms with Crippen LogP contribution in [-0.4, -0.2) is 71.5 Å². The third-order valence-corrected chi connectivity index (χ3v) is 5.93. The highest BCUT2D eigenvalue weighted by Crippen LogP contribution is 2.20. The number of rotatable bonds is 5. The first-order chi connectivity index (χ1) is 15.8. The maximum atomic E-state index is 12.5. The van der Waals surface area contributed by atoms with Crippen LogP contribution in [0, 0.1) is 6.92 Å². The van der Waals surface area contributed by atoms with Crippen molar-refractivity contribution >= 4 is 27.5 Å². The number of carbonyl (C=O) groups is 2. The summed E-state index contributed by atoms with van der Waals surface area (Å²) >= 11 is 0. The minimum Gasteiger partial charge on any atom is -0.473 e. The monoisotopic (exact) mass is 491 g/mol. The second-order valence-electron chi connectivity index (χ2n) is 9.05. The average Bonchev–Trinajstić information content (AvgIpc) is 2.74. The number of nitrogens with one attached hydrogen (secondary N) is 1. The van der Waals surface area contributed by atoms with Gasteiger partial charge in [-0.1, -0.05) is 0 Å². The Morgan fingerprint density at radius 3 is 2.29 bits per heavy atom. The fourth-order valence-corrected chi connectivity index (χ4v) is 3.84. The van der Waals surface area contributed by atoms with Crippen LogP contribution in [0.25, 0.3) is 0 Å². The molecule has 11 nitrogen and oxygen atoms in total. The number of pyridine rings is 1. The highest BCUT2D eigenvalue weighted by molar-refractivity contribution is 7.90. The Labute approximate surface area is 198 Å². The van der Waals surface area contributed by atoms with Crippen molar-refractivity contribution in [1.29, 1.82) is 0 Å². The molecular formula is C22H29N5O6S. The molecule has 0 aliphatic carbocycles. The zero-order chi connectivity index (χ0) is 25.1. The van der Waals surface area contributed by atoms with E-state index in [9.17, 15) is 18.0 Å². The molecule has 184 valence electrons. The number of ether oxygens (including phenoxy) is 2. The SMILES string of the molecule is Cc1nc(S(C)(=O)=O)ccc1NC(=O)c1ccc(OC2CCN(C(=O)OC(C)(C)C)CC2)nn1. The van der Waals surface area contributed by atoms with Gasteiger partial charge < -0.3 is 19.7 Å². The van der Waals surface area contributed by atoms with Gasteiger partial charge in [-0.2, -0.15) is 0 Å². The highest BCUT2D eigenvalue weighted by atomic mass is 32.2. The summed E-state index contributed by atoms with van der Waals surface area (Å²) in [5.74, 6) is -0.232. The van der Waals surface area contributed by atoms with E-state index in [1.165, 1.54) is 18.2 Å². The largest absolute Gasteiger partial charge is 0.473 e. The molecule has 1 aliphatic heterocycles. The Bertz CT molecular complexity index is 1150. The van der Waals surface area contributed by atoms with Gasteiger partial charge in [0.15, 0.2) is 20.6 Å². The maximum Gasteiger partial charge on any atom is 0.410 e. The van der Waals surface area contributed by atoms with E-state index in [1.54, 1.807) is 17.9 Å². The third-order valence-electron chi connectivity index (χ3n) is 4.94. The Kier molecular flexibility index (Phi) is 7.39. The molecular weight excluding hydrogens is 462 g/mol. The van der Waals surface area contributed by atoms with Crippen molar-refractivity contribution in [1.82, 2.24) is 20.1 Å². The zero-order valence-electron chi connectivity index (χ0n) is 19.9. The highest BCUT2D eigenvalue weighted by Gasteiger charge is 2.28. The Balaban J connectivity index is 1.54. The molecule has 0 aromatic carbocycles. The number of nitrogens with zero attached hydrogens (tertiary/aromatic N) is 4. The molecule has 0 unspecified atom stereocenters. The van der Waals surface area contributed by atoms with E-state index < -0.39 is 21.3 Å². The molecule has 0 bridgehead atoms. The molecule has 34 heavy (non-hydrogen) atoms. The van der Waals surface area contributed by atoms with Crippen LogP contribution in [0.4, 0.5) is 10.5 Å². The minimum atomic E-state index is -3.44. The summed E-state index contributed by atoms with van der Waals surface area (Å²) in [6, 6.07) is 5.85. The van der Waals surface area contributed by atoms with Gasteiger partial charge in [-0.3, -0.25) is 4.79 Å². The summed E-state index contributed by atoms with van der Waals surface area (Å²) in [5, 5.41) is 10.5. The van der Waals surface area contributed by atoms with Gasteiger partial charge in [-0.05, 0) is 45.9 Å². The van der Waals surface area contributed by atoms with Gasteiger partial charge in [-0.25, -0.2) is 18.2 Å². The first-order valence-corrected chi connectivity index (χ1v) is 12.7. The Hall–Kier alpha value is -3.28. The average molecular weight is 492 g/mol. The summed E-state index contributed by atoms with van der Waals surface area (Å²) in [6.45, 7) is 8.11. The van der Waals surface area contributed by atoms with E-state index in [0.29, 0.717) is 37.3 Å². The Morgan fingerprint density at radius 2 is 1.76 bits per heavy atom. The Morgan fingerprint density at radius 1 is 1.09 bits per heavy atom. The van der Waals surface area contributed by atoms with Crippen molar-refractivity contribution in [3.05, 3.63) is 35.7 Å². The lowest BCUT2D eigenvalue weighted by atomic mass is 10.1. The van der Waals surface area contributed by atoms with Gasteiger partial charge >= 0.3 is 6.09 Å². The van der Waals surface area contributed by atoms with Crippen LogP contribution in [0.1, 0.15) is 49.8 Å². The predicted octanol–water partition coefficient (Wildman–Crippen LogP) is 2.61. The first-order valence-electron chi connectivity index (χ1n) is 10.8. The topological polar surface area (TPSA) is 141 Å². The maximum absolute atomic E-state index is 12.5. The number of sulfone groups is 1. The lowest BCUT2D eigenvalue weighted by Gasteiger charge is -2.33. The molecule has 3 rings (SSSR count). The van der Waals surface area contributed by atoms with Crippen molar-refractivity contribution in [2.75, 3.05) is 24.7 Å². The molecule has 2 amide bonds. The predicted molar refractivity (Wildman–Crippen MR) is 124 cm³/mol. The molecule has 2 aromatic rings. The molecule has 1 aliphatic rings. The number of aryl methyl sites for hydroxylation is 1. The number of aromatic nitrogens is 3. The molecule has 0 radical (unpaired) electrons. The molecule has 3 heterocycles. The fraction of sp³-hybridized carbons (Fsp3) is 0.500. The molecule has 0 spiro atoms. The van der Waals surface area contributed by atoms with Gasteiger partial charge in [0.25, 0.3) is 5.91 Å². The van der Waals surface area contributed by atoms with Crippen molar-refractivity contribution in [3.63, 3.8) is 0 Å². The van der Waals surface area contributed by atoms with E-state index in [1.807, 2.05) is 20.8 Å². The van der Waals surface area contributed by atoms with Gasteiger partial charge in [-0.15, -0.1) is 10.2 Å². The van der Waals surface area contributed by atoms with E-state index >= 15 is 0 Å². The van der Waals surface area contributed by atoms with Crippen LogP contribution in [0.15, 0.2) is 29.3 Å². The van der Waals surface area contributed by atoms with Gasteiger partial charge in [0.05, 0.1) is 11.4 Å². The lowest BCUT2D eigenvalue weighted by Crippen LogP contribution is -2.44. The second-order valence-corrected chi connectivity index (χ2v) is 11.0. The van der Waals surface area contributed by atoms with Gasteiger partial charge in [0.1, 0.15) is 11.7 Å².